The molecule has 2 amide bonds. The molecule has 0 saturated carbocycles. The van der Waals surface area contributed by atoms with Crippen molar-refractivity contribution in [2.75, 3.05) is 11.9 Å². The van der Waals surface area contributed by atoms with E-state index in [1.54, 1.807) is 16.6 Å². The van der Waals surface area contributed by atoms with Crippen molar-refractivity contribution in [2.45, 2.75) is 32.4 Å². The Balaban J connectivity index is 1.31. The van der Waals surface area contributed by atoms with E-state index in [1.165, 1.54) is 6.33 Å². The zero-order valence-corrected chi connectivity index (χ0v) is 17.9. The van der Waals surface area contributed by atoms with E-state index in [2.05, 4.69) is 25.4 Å². The zero-order valence-electron chi connectivity index (χ0n) is 17.9. The van der Waals surface area contributed by atoms with Crippen molar-refractivity contribution in [1.82, 2.24) is 30.0 Å². The topological polar surface area (TPSA) is 109 Å². The number of nitrogens with zero attached hydrogens (tertiary/aromatic N) is 5. The number of aromatic amines is 1. The molecule has 9 nitrogen and oxygen atoms in total. The van der Waals surface area contributed by atoms with Gasteiger partial charge in [0.05, 0.1) is 17.6 Å². The van der Waals surface area contributed by atoms with E-state index in [0.717, 1.165) is 33.7 Å². The van der Waals surface area contributed by atoms with Gasteiger partial charge in [-0.25, -0.2) is 14.6 Å². The molecule has 4 aromatic rings. The Bertz CT molecular complexity index is 1310. The molecule has 0 aliphatic carbocycles. The Hall–Kier alpha value is -4.01. The SMILES string of the molecule is Cc1nc2cc3c(cc2[nH]1)CC[C@H](NC(=O)c1ncn(Cc2ccccc2)n1)C(=O)N3C. The van der Waals surface area contributed by atoms with Crippen molar-refractivity contribution in [3.8, 4) is 0 Å². The third kappa shape index (κ3) is 3.73. The minimum absolute atomic E-state index is 0.0473. The molecule has 0 radical (unpaired) electrons. The third-order valence-corrected chi connectivity index (χ3v) is 5.73. The van der Waals surface area contributed by atoms with E-state index >= 15 is 0 Å². The fourth-order valence-corrected chi connectivity index (χ4v) is 4.11. The first-order valence-electron chi connectivity index (χ1n) is 10.5. The molecule has 5 rings (SSSR count). The van der Waals surface area contributed by atoms with Crippen molar-refractivity contribution >= 4 is 28.5 Å². The number of hydrogen-bond acceptors (Lipinski definition) is 5. The summed E-state index contributed by atoms with van der Waals surface area (Å²) in [5.41, 5.74) is 4.67. The summed E-state index contributed by atoms with van der Waals surface area (Å²) in [6, 6.07) is 13.1. The summed E-state index contributed by atoms with van der Waals surface area (Å²) in [5.74, 6) is 0.246. The fourth-order valence-electron chi connectivity index (χ4n) is 4.11. The molecule has 1 aliphatic heterocycles. The van der Waals surface area contributed by atoms with Crippen molar-refractivity contribution in [1.29, 1.82) is 0 Å². The van der Waals surface area contributed by atoms with Crippen LogP contribution in [0.25, 0.3) is 11.0 Å². The number of likely N-dealkylation sites (N-methyl/N-ethyl adjacent to an activating group) is 1. The molecule has 2 N–H and O–H groups in total. The molecular weight excluding hydrogens is 406 g/mol. The summed E-state index contributed by atoms with van der Waals surface area (Å²) in [6.45, 7) is 2.42. The molecule has 3 heterocycles. The molecule has 0 spiro atoms. The normalized spacial score (nSPS) is 16.1. The van der Waals surface area contributed by atoms with Crippen LogP contribution in [0.4, 0.5) is 5.69 Å². The van der Waals surface area contributed by atoms with Crippen LogP contribution in [0.5, 0.6) is 0 Å². The zero-order chi connectivity index (χ0) is 22.2. The van der Waals surface area contributed by atoms with Gasteiger partial charge in [-0.15, -0.1) is 5.10 Å². The Kier molecular flexibility index (Phi) is 4.93. The summed E-state index contributed by atoms with van der Waals surface area (Å²) >= 11 is 0. The molecule has 9 heteroatoms. The average molecular weight is 429 g/mol. The van der Waals surface area contributed by atoms with Crippen molar-refractivity contribution < 1.29 is 9.59 Å². The standard InChI is InChI=1S/C23H23N7O2/c1-14-25-18-10-16-8-9-17(23(32)29(2)20(16)11-19(18)26-14)27-22(31)21-24-13-30(28-21)12-15-6-4-3-5-7-15/h3-7,10-11,13,17H,8-9,12H2,1-2H3,(H,25,26)(H,27,31)/t17-/m0/s1. The van der Waals surface area contributed by atoms with Gasteiger partial charge in [0, 0.05) is 12.7 Å². The van der Waals surface area contributed by atoms with Crippen molar-refractivity contribution in [3.63, 3.8) is 0 Å². The average Bonchev–Trinajstić information content (AvgIpc) is 3.38. The highest BCUT2D eigenvalue weighted by molar-refractivity contribution is 6.03. The van der Waals surface area contributed by atoms with E-state index in [1.807, 2.05) is 49.4 Å². The Labute approximate surface area is 184 Å². The quantitative estimate of drug-likeness (QED) is 0.517. The maximum Gasteiger partial charge on any atom is 0.291 e. The second kappa shape index (κ2) is 7.92. The predicted octanol–water partition coefficient (Wildman–Crippen LogP) is 2.22. The van der Waals surface area contributed by atoms with E-state index in [0.29, 0.717) is 19.4 Å². The van der Waals surface area contributed by atoms with E-state index < -0.39 is 11.9 Å². The summed E-state index contributed by atoms with van der Waals surface area (Å²) in [6.07, 6.45) is 2.67. The number of benzene rings is 2. The van der Waals surface area contributed by atoms with Crippen LogP contribution >= 0.6 is 0 Å². The van der Waals surface area contributed by atoms with Gasteiger partial charge in [-0.05, 0) is 43.0 Å². The number of anilines is 1. The van der Waals surface area contributed by atoms with Crippen molar-refractivity contribution in [3.05, 3.63) is 71.6 Å². The van der Waals surface area contributed by atoms with Crippen LogP contribution in [0.3, 0.4) is 0 Å². The van der Waals surface area contributed by atoms with Crippen LogP contribution in [-0.2, 0) is 17.8 Å². The lowest BCUT2D eigenvalue weighted by Crippen LogP contribution is -2.47. The number of H-pyrrole nitrogens is 1. The Morgan fingerprint density at radius 1 is 1.25 bits per heavy atom. The lowest BCUT2D eigenvalue weighted by atomic mass is 10.0. The number of imidazole rings is 1. The minimum Gasteiger partial charge on any atom is -0.342 e. The predicted molar refractivity (Wildman–Crippen MR) is 119 cm³/mol. The number of amides is 2. The lowest BCUT2D eigenvalue weighted by Gasteiger charge is -2.21. The van der Waals surface area contributed by atoms with Gasteiger partial charge in [-0.3, -0.25) is 9.59 Å². The van der Waals surface area contributed by atoms with E-state index in [-0.39, 0.29) is 11.7 Å². The van der Waals surface area contributed by atoms with Crippen LogP contribution in [0.15, 0.2) is 48.8 Å². The van der Waals surface area contributed by atoms with Gasteiger partial charge in [0.25, 0.3) is 5.91 Å². The molecule has 0 unspecified atom stereocenters. The summed E-state index contributed by atoms with van der Waals surface area (Å²) in [5, 5.41) is 7.09. The van der Waals surface area contributed by atoms with Gasteiger partial charge < -0.3 is 15.2 Å². The smallest absolute Gasteiger partial charge is 0.291 e. The number of carbonyl (C=O) groups excluding carboxylic acids is 2. The maximum absolute atomic E-state index is 13.1. The van der Waals surface area contributed by atoms with Gasteiger partial charge >= 0.3 is 0 Å². The highest BCUT2D eigenvalue weighted by Crippen LogP contribution is 2.30. The van der Waals surface area contributed by atoms with Gasteiger partial charge in [0.2, 0.25) is 11.7 Å². The van der Waals surface area contributed by atoms with Crippen molar-refractivity contribution in [2.24, 2.45) is 0 Å². The number of aromatic nitrogens is 5. The summed E-state index contributed by atoms with van der Waals surface area (Å²) in [7, 11) is 1.73. The van der Waals surface area contributed by atoms with Gasteiger partial charge in [0.15, 0.2) is 0 Å². The number of hydrogen-bond donors (Lipinski definition) is 2. The number of rotatable bonds is 4. The largest absolute Gasteiger partial charge is 0.342 e. The van der Waals surface area contributed by atoms with Crippen LogP contribution < -0.4 is 10.2 Å². The van der Waals surface area contributed by atoms with Crippen LogP contribution in [0, 0.1) is 6.92 Å². The third-order valence-electron chi connectivity index (χ3n) is 5.73. The molecule has 162 valence electrons. The second-order valence-corrected chi connectivity index (χ2v) is 8.03. The Morgan fingerprint density at radius 2 is 2.06 bits per heavy atom. The number of carbonyl (C=O) groups is 2. The van der Waals surface area contributed by atoms with Gasteiger partial charge in [-0.1, -0.05) is 30.3 Å². The lowest BCUT2D eigenvalue weighted by molar-refractivity contribution is -0.120. The van der Waals surface area contributed by atoms with Crippen LogP contribution in [0.1, 0.15) is 34.0 Å². The summed E-state index contributed by atoms with van der Waals surface area (Å²) < 4.78 is 1.61. The monoisotopic (exact) mass is 429 g/mol. The molecule has 0 fully saturated rings. The first kappa shape index (κ1) is 19.9. The first-order chi connectivity index (χ1) is 15.5. The number of nitrogens with one attached hydrogen (secondary N) is 2. The number of aryl methyl sites for hydroxylation is 2. The molecule has 1 atom stereocenters. The highest BCUT2D eigenvalue weighted by atomic mass is 16.2. The minimum atomic E-state index is -0.658. The highest BCUT2D eigenvalue weighted by Gasteiger charge is 2.30. The molecule has 32 heavy (non-hydrogen) atoms. The van der Waals surface area contributed by atoms with E-state index in [4.69, 9.17) is 0 Å². The van der Waals surface area contributed by atoms with Crippen LogP contribution in [0.2, 0.25) is 0 Å². The summed E-state index contributed by atoms with van der Waals surface area (Å²) in [4.78, 5) is 39.3. The molecule has 0 bridgehead atoms. The van der Waals surface area contributed by atoms with E-state index in [9.17, 15) is 9.59 Å². The maximum atomic E-state index is 13.1. The molecule has 1 aliphatic rings. The molecular formula is C23H23N7O2. The molecule has 2 aromatic heterocycles. The van der Waals surface area contributed by atoms with Gasteiger partial charge in [-0.2, -0.15) is 0 Å². The molecule has 2 aromatic carbocycles. The second-order valence-electron chi connectivity index (χ2n) is 8.03. The number of fused-ring (bicyclic) bond motifs is 2. The molecule has 0 saturated heterocycles. The van der Waals surface area contributed by atoms with Gasteiger partial charge in [0.1, 0.15) is 18.2 Å². The van der Waals surface area contributed by atoms with Crippen LogP contribution in [-0.4, -0.2) is 49.6 Å². The fraction of sp³-hybridized carbons (Fsp3) is 0.261. The Morgan fingerprint density at radius 3 is 2.88 bits per heavy atom. The first-order valence-corrected chi connectivity index (χ1v) is 10.5.